The first-order valence-electron chi connectivity index (χ1n) is 49.9. The van der Waals surface area contributed by atoms with Gasteiger partial charge < -0.3 is 52.8 Å². The van der Waals surface area contributed by atoms with Crippen molar-refractivity contribution in [2.24, 2.45) is 15.0 Å². The van der Waals surface area contributed by atoms with E-state index in [-0.39, 0.29) is 18.1 Å². The molecule has 3 atom stereocenters. The lowest BCUT2D eigenvalue weighted by Gasteiger charge is -2.25. The zero-order valence-corrected chi connectivity index (χ0v) is 79.0. The minimum atomic E-state index is -0.337. The molecule has 19 aromatic carbocycles. The van der Waals surface area contributed by atoms with Gasteiger partial charge in [0.15, 0.2) is 80.7 Å². The van der Waals surface area contributed by atoms with Crippen LogP contribution in [0, 0.1) is 0 Å². The Balaban J connectivity index is 0.473. The largest absolute Gasteiger partial charge is 0.449 e. The molecule has 0 spiro atoms. The van der Waals surface area contributed by atoms with E-state index in [2.05, 4.69) is 370 Å². The highest BCUT2D eigenvalue weighted by Crippen LogP contribution is 2.59. The van der Waals surface area contributed by atoms with Gasteiger partial charge in [-0.1, -0.05) is 291 Å². The maximum absolute atomic E-state index is 7.30. The molecule has 2 N–H and O–H groups in total. The van der Waals surface area contributed by atoms with Crippen LogP contribution in [0.25, 0.3) is 156 Å². The third-order valence-corrected chi connectivity index (χ3v) is 29.8. The summed E-state index contributed by atoms with van der Waals surface area (Å²) in [6, 6.07) is 144. The molecule has 0 saturated carbocycles. The summed E-state index contributed by atoms with van der Waals surface area (Å²) in [5.74, 6) is 10.9. The number of ether oxygens (including phenoxy) is 6. The number of hydrogen-bond acceptors (Lipinski definition) is 13. The van der Waals surface area contributed by atoms with Crippen LogP contribution in [0.5, 0.6) is 69.0 Å². The molecule has 16 heteroatoms. The Morgan fingerprint density at radius 1 is 0.293 bits per heavy atom. The summed E-state index contributed by atoms with van der Waals surface area (Å²) in [7, 11) is 0. The summed E-state index contributed by atoms with van der Waals surface area (Å²) in [4.78, 5) is 26.5. The molecule has 0 fully saturated rings. The predicted octanol–water partition coefficient (Wildman–Crippen LogP) is 32.2. The summed E-state index contributed by atoms with van der Waals surface area (Å²) in [5.41, 5.74) is 26.0. The minimum Gasteiger partial charge on any atom is -0.449 e. The molecule has 0 amide bonds. The van der Waals surface area contributed by atoms with Crippen LogP contribution in [0.1, 0.15) is 86.0 Å². The van der Waals surface area contributed by atoms with E-state index >= 15 is 0 Å². The zero-order valence-electron chi connectivity index (χ0n) is 79.0. The standard InChI is InChI=1S/C131H84N10O6/c1-5-24-82(25-6-1)105-75-106(83-41-37-77(38-42-83)91-52-66-111-104(74-91)102-64-72-117-126(147-123-98-34-18-15-23-81(98)55-69-114(123)144-117)120(102)141(111)95-60-49-90(50-61-95)131-137-129(87-28-9-3-10-29-87)136-130(138-131)88-30-11-4-12-31-88)135-128(132-105)89-47-58-94(59-48-89)140-110-65-51-92(73-103(110)101-63-71-116-125(119(101)140)146-122-97-33-17-14-22-80(97)54-68-113(122)143-116)78-39-43-84(44-40-78)107-76-108(134-127(133-107)86-26-7-2-8-27-86)85-45-56-93(57-46-85)139-109-36-20-19-35-99(109)100-62-70-115-124(118(100)139)145-121-96-32-16-13-21-79(96)53-67-112(121)142-115/h1-18,20-34,36-73,75-76,91,105,129H,19,35,74H2,(H,132,135)(H,136,137,138). The molecule has 16 nitrogen and oxygen atoms in total. The second kappa shape index (κ2) is 33.6. The summed E-state index contributed by atoms with van der Waals surface area (Å²) >= 11 is 0. The van der Waals surface area contributed by atoms with Gasteiger partial charge in [-0.25, -0.2) is 24.9 Å². The minimum absolute atomic E-state index is 0.0387. The molecule has 23 aromatic rings. The Kier molecular flexibility index (Phi) is 19.1. The second-order valence-electron chi connectivity index (χ2n) is 38.3. The van der Waals surface area contributed by atoms with Gasteiger partial charge in [-0.3, -0.25) is 0 Å². The molecular weight excluding hydrogens is 1810 g/mol. The van der Waals surface area contributed by atoms with E-state index in [9.17, 15) is 0 Å². The number of aliphatic imine (C=N–C) groups is 3. The molecule has 2 aliphatic carbocycles. The topological polar surface area (TPSA) is 157 Å². The average molecular weight is 1890 g/mol. The first-order valence-corrected chi connectivity index (χ1v) is 49.9. The third-order valence-electron chi connectivity index (χ3n) is 29.8. The molecule has 147 heavy (non-hydrogen) atoms. The van der Waals surface area contributed by atoms with Crippen molar-refractivity contribution in [3.8, 4) is 131 Å². The number of rotatable bonds is 14. The Morgan fingerprint density at radius 3 is 1.30 bits per heavy atom. The van der Waals surface area contributed by atoms with Crippen LogP contribution >= 0.6 is 0 Å². The third kappa shape index (κ3) is 14.0. The maximum Gasteiger partial charge on any atom is 0.194 e. The van der Waals surface area contributed by atoms with Crippen molar-refractivity contribution in [2.45, 2.75) is 37.4 Å². The van der Waals surface area contributed by atoms with E-state index in [1.165, 1.54) is 16.7 Å². The number of allylic oxidation sites excluding steroid dienone is 2. The normalized spacial score (nSPS) is 15.5. The number of fused-ring (bicyclic) bond motifs is 24. The maximum atomic E-state index is 7.30. The van der Waals surface area contributed by atoms with Crippen molar-refractivity contribution in [1.29, 1.82) is 0 Å². The highest BCUT2D eigenvalue weighted by molar-refractivity contribution is 6.16. The smallest absolute Gasteiger partial charge is 0.194 e. The Morgan fingerprint density at radius 2 is 0.735 bits per heavy atom. The number of amidine groups is 3. The van der Waals surface area contributed by atoms with E-state index in [0.717, 1.165) is 219 Å². The van der Waals surface area contributed by atoms with Gasteiger partial charge in [-0.05, 0) is 232 Å². The van der Waals surface area contributed by atoms with Gasteiger partial charge >= 0.3 is 0 Å². The SMILES string of the molecule is C1=Cc2c(c3ccc4c(c3n2-c2ccc(-c3cc(-c5ccc(-c6ccc7c(c6)c6ccc8c(c6n7-c6ccc(C7=NC(c9ccc(C%10C=Cc%11c(c%12ccc%13c(c%12n%11-c%11ccc(C%12=NC(c%14ccccc%14)=NC(c%14ccccc%14)N%12)cc%11)Oc%11c(ccc%12ccccc%11%12)O%13)C%10)cc9)=CC(c9ccccc9)N7)cc6)Oc6c(ccc7ccccc67)O8)cc5)nc(-c5ccccc5)n3)cc2)Oc2c(ccc3ccccc23)O4)CC1. The highest BCUT2D eigenvalue weighted by atomic mass is 16.6. The van der Waals surface area contributed by atoms with Crippen LogP contribution in [0.4, 0.5) is 0 Å². The lowest BCUT2D eigenvalue weighted by atomic mass is 9.86. The van der Waals surface area contributed by atoms with Crippen molar-refractivity contribution < 1.29 is 28.4 Å². The van der Waals surface area contributed by atoms with Crippen LogP contribution < -0.4 is 39.1 Å². The van der Waals surface area contributed by atoms with Crippen molar-refractivity contribution in [2.75, 3.05) is 0 Å². The van der Waals surface area contributed by atoms with Gasteiger partial charge in [0.2, 0.25) is 0 Å². The van der Waals surface area contributed by atoms with Crippen LogP contribution in [0.15, 0.2) is 446 Å². The fourth-order valence-corrected chi connectivity index (χ4v) is 22.6. The van der Waals surface area contributed by atoms with Crippen LogP contribution in [-0.2, 0) is 12.8 Å². The first-order chi connectivity index (χ1) is 72.8. The van der Waals surface area contributed by atoms with Crippen molar-refractivity contribution in [3.05, 3.63) is 492 Å². The number of aryl methyl sites for hydroxylation is 1. The molecule has 0 saturated heterocycles. The van der Waals surface area contributed by atoms with E-state index in [1.807, 2.05) is 97.1 Å². The molecule has 694 valence electrons. The van der Waals surface area contributed by atoms with Gasteiger partial charge in [0, 0.05) is 105 Å². The van der Waals surface area contributed by atoms with Gasteiger partial charge in [-0.2, -0.15) is 0 Å². The number of aromatic nitrogens is 5. The molecular formula is C131H84N10O6. The molecule has 30 rings (SSSR count). The van der Waals surface area contributed by atoms with Crippen LogP contribution in [0.2, 0.25) is 0 Å². The van der Waals surface area contributed by atoms with Crippen molar-refractivity contribution >= 4 is 111 Å². The molecule has 4 aromatic heterocycles. The van der Waals surface area contributed by atoms with Crippen LogP contribution in [-0.4, -0.2) is 41.2 Å². The number of nitrogens with one attached hydrogen (secondary N) is 2. The van der Waals surface area contributed by atoms with E-state index in [0.29, 0.717) is 74.9 Å². The lowest BCUT2D eigenvalue weighted by molar-refractivity contribution is 0.366. The Hall–Kier alpha value is -19.5. The summed E-state index contributed by atoms with van der Waals surface area (Å²) in [6.07, 6.45) is 13.7. The molecule has 9 heterocycles. The Bertz CT molecular complexity index is 9670. The lowest BCUT2D eigenvalue weighted by Crippen LogP contribution is -2.33. The first kappa shape index (κ1) is 83.3. The predicted molar refractivity (Wildman–Crippen MR) is 588 cm³/mol. The van der Waals surface area contributed by atoms with E-state index < -0.39 is 0 Å². The monoisotopic (exact) mass is 1890 g/mol. The molecule has 0 radical (unpaired) electrons. The van der Waals surface area contributed by atoms with Crippen molar-refractivity contribution in [1.82, 2.24) is 34.3 Å². The number of nitrogens with zero attached hydrogens (tertiary/aromatic N) is 8. The summed E-state index contributed by atoms with van der Waals surface area (Å²) in [6.45, 7) is 0. The van der Waals surface area contributed by atoms with Crippen molar-refractivity contribution in [3.63, 3.8) is 0 Å². The second-order valence-corrected chi connectivity index (χ2v) is 38.3. The molecule has 7 aliphatic rings. The quantitative estimate of drug-likeness (QED) is 0.107. The van der Waals surface area contributed by atoms with Gasteiger partial charge in [0.25, 0.3) is 0 Å². The van der Waals surface area contributed by atoms with Gasteiger partial charge in [0.05, 0.1) is 28.6 Å². The number of benzene rings is 19. The average Bonchev–Trinajstić information content (AvgIpc) is 1.57. The fraction of sp³-hybridized carbons (Fsp3) is 0.0458. The van der Waals surface area contributed by atoms with E-state index in [1.54, 1.807) is 0 Å². The highest BCUT2D eigenvalue weighted by Gasteiger charge is 2.36. The van der Waals surface area contributed by atoms with Gasteiger partial charge in [0.1, 0.15) is 34.4 Å². The Labute approximate surface area is 844 Å². The zero-order chi connectivity index (χ0) is 96.4. The molecule has 5 aliphatic heterocycles. The molecule has 3 unspecified atom stereocenters. The number of hydrogen-bond donors (Lipinski definition) is 2. The molecule has 0 bridgehead atoms. The fourth-order valence-electron chi connectivity index (χ4n) is 22.6. The van der Waals surface area contributed by atoms with Gasteiger partial charge in [-0.15, -0.1) is 0 Å². The summed E-state index contributed by atoms with van der Waals surface area (Å²) < 4.78 is 49.0. The van der Waals surface area contributed by atoms with E-state index in [4.69, 9.17) is 53.4 Å². The summed E-state index contributed by atoms with van der Waals surface area (Å²) in [5, 5.41) is 18.0. The van der Waals surface area contributed by atoms with Crippen LogP contribution in [0.3, 0.4) is 0 Å².